The average molecular weight is 315 g/mol. The van der Waals surface area contributed by atoms with Gasteiger partial charge in [0.2, 0.25) is 5.95 Å². The Balaban J connectivity index is 1.81. The molecule has 7 heteroatoms. The minimum Gasteiger partial charge on any atom is -0.350 e. The molecule has 0 bridgehead atoms. The smallest absolute Gasteiger partial charge is 0.223 e. The van der Waals surface area contributed by atoms with Crippen molar-refractivity contribution in [2.45, 2.75) is 13.5 Å². The van der Waals surface area contributed by atoms with Crippen molar-refractivity contribution in [1.29, 1.82) is 0 Å². The van der Waals surface area contributed by atoms with Crippen molar-refractivity contribution in [3.63, 3.8) is 0 Å². The molecule has 1 N–H and O–H groups in total. The molecule has 3 aromatic rings. The van der Waals surface area contributed by atoms with E-state index >= 15 is 0 Å². The molecule has 5 nitrogen and oxygen atoms in total. The van der Waals surface area contributed by atoms with Gasteiger partial charge in [0.25, 0.3) is 0 Å². The molecule has 3 rings (SSSR count). The van der Waals surface area contributed by atoms with Crippen molar-refractivity contribution < 1.29 is 8.78 Å². The van der Waals surface area contributed by atoms with Crippen LogP contribution in [-0.4, -0.2) is 19.7 Å². The number of nitrogens with one attached hydrogen (secondary N) is 1. The van der Waals surface area contributed by atoms with Crippen LogP contribution >= 0.6 is 0 Å². The Morgan fingerprint density at radius 3 is 2.78 bits per heavy atom. The molecule has 0 spiro atoms. The number of aromatic nitrogens is 4. The highest BCUT2D eigenvalue weighted by molar-refractivity contribution is 5.61. The Kier molecular flexibility index (Phi) is 4.01. The fourth-order valence-corrected chi connectivity index (χ4v) is 2.30. The summed E-state index contributed by atoms with van der Waals surface area (Å²) in [6.07, 6.45) is 3.48. The van der Waals surface area contributed by atoms with Crippen LogP contribution < -0.4 is 5.32 Å². The predicted molar refractivity (Wildman–Crippen MR) is 82.7 cm³/mol. The number of anilines is 1. The van der Waals surface area contributed by atoms with Crippen LogP contribution in [-0.2, 0) is 13.6 Å². The highest BCUT2D eigenvalue weighted by atomic mass is 19.2. The number of nitrogens with zero attached hydrogens (tertiary/aromatic N) is 4. The van der Waals surface area contributed by atoms with Crippen LogP contribution in [0.1, 0.15) is 11.3 Å². The Hall–Kier alpha value is -2.83. The molecular formula is C16H15F2N5. The van der Waals surface area contributed by atoms with Crippen molar-refractivity contribution in [1.82, 2.24) is 19.7 Å². The van der Waals surface area contributed by atoms with Gasteiger partial charge >= 0.3 is 0 Å². The Morgan fingerprint density at radius 2 is 2.04 bits per heavy atom. The summed E-state index contributed by atoms with van der Waals surface area (Å²) in [7, 11) is 1.84. The lowest BCUT2D eigenvalue weighted by Crippen LogP contribution is -2.06. The van der Waals surface area contributed by atoms with Gasteiger partial charge < -0.3 is 5.32 Å². The zero-order valence-electron chi connectivity index (χ0n) is 12.7. The van der Waals surface area contributed by atoms with Gasteiger partial charge in [-0.1, -0.05) is 12.1 Å². The van der Waals surface area contributed by atoms with Crippen molar-refractivity contribution in [3.05, 3.63) is 59.6 Å². The fraction of sp³-hybridized carbons (Fsp3) is 0.188. The summed E-state index contributed by atoms with van der Waals surface area (Å²) in [5.74, 6) is -1.39. The summed E-state index contributed by atoms with van der Waals surface area (Å²) in [6, 6.07) is 5.84. The first-order valence-electron chi connectivity index (χ1n) is 7.05. The van der Waals surface area contributed by atoms with Crippen LogP contribution in [0.2, 0.25) is 0 Å². The van der Waals surface area contributed by atoms with Gasteiger partial charge in [0, 0.05) is 37.1 Å². The van der Waals surface area contributed by atoms with Crippen LogP contribution in [0.15, 0.2) is 36.7 Å². The van der Waals surface area contributed by atoms with Crippen LogP contribution in [0.25, 0.3) is 11.3 Å². The second-order valence-corrected chi connectivity index (χ2v) is 5.13. The van der Waals surface area contributed by atoms with E-state index in [1.54, 1.807) is 16.9 Å². The Morgan fingerprint density at radius 1 is 1.22 bits per heavy atom. The molecule has 2 aromatic heterocycles. The molecule has 1 aromatic carbocycles. The molecule has 0 aliphatic rings. The topological polar surface area (TPSA) is 55.6 Å². The molecule has 118 valence electrons. The normalized spacial score (nSPS) is 10.8. The second kappa shape index (κ2) is 6.12. The average Bonchev–Trinajstić information content (AvgIpc) is 2.88. The quantitative estimate of drug-likeness (QED) is 0.804. The van der Waals surface area contributed by atoms with Crippen LogP contribution in [0.4, 0.5) is 14.7 Å². The number of halogens is 2. The lowest BCUT2D eigenvalue weighted by molar-refractivity contribution is 0.500. The van der Waals surface area contributed by atoms with E-state index in [1.165, 1.54) is 12.1 Å². The molecule has 23 heavy (non-hydrogen) atoms. The van der Waals surface area contributed by atoms with Gasteiger partial charge in [0.1, 0.15) is 0 Å². The van der Waals surface area contributed by atoms with Gasteiger partial charge in [-0.25, -0.2) is 18.7 Å². The van der Waals surface area contributed by atoms with E-state index in [0.29, 0.717) is 11.6 Å². The van der Waals surface area contributed by atoms with Crippen molar-refractivity contribution >= 4 is 5.95 Å². The first-order valence-corrected chi connectivity index (χ1v) is 7.05. The molecule has 0 unspecified atom stereocenters. The van der Waals surface area contributed by atoms with E-state index < -0.39 is 11.6 Å². The maximum absolute atomic E-state index is 13.6. The number of aryl methyl sites for hydroxylation is 2. The third-order valence-corrected chi connectivity index (χ3v) is 3.41. The molecular weight excluding hydrogens is 300 g/mol. The zero-order valence-corrected chi connectivity index (χ0v) is 12.7. The van der Waals surface area contributed by atoms with E-state index in [9.17, 15) is 8.78 Å². The third-order valence-electron chi connectivity index (χ3n) is 3.41. The highest BCUT2D eigenvalue weighted by Gasteiger charge is 2.10. The molecule has 0 saturated carbocycles. The number of hydrogen-bond donors (Lipinski definition) is 1. The van der Waals surface area contributed by atoms with Gasteiger partial charge in [-0.05, 0) is 19.1 Å². The first-order chi connectivity index (χ1) is 11.0. The summed E-state index contributed by atoms with van der Waals surface area (Å²) in [5, 5.41) is 7.19. The predicted octanol–water partition coefficient (Wildman–Crippen LogP) is 3.08. The molecule has 0 fully saturated rings. The van der Waals surface area contributed by atoms with E-state index in [2.05, 4.69) is 20.4 Å². The zero-order chi connectivity index (χ0) is 16.4. The van der Waals surface area contributed by atoms with Gasteiger partial charge in [0.05, 0.1) is 11.4 Å². The summed E-state index contributed by atoms with van der Waals surface area (Å²) in [4.78, 5) is 8.50. The number of hydrogen-bond acceptors (Lipinski definition) is 4. The van der Waals surface area contributed by atoms with Gasteiger partial charge in [-0.2, -0.15) is 5.10 Å². The maximum Gasteiger partial charge on any atom is 0.223 e. The standard InChI is InChI=1S/C16H15F2N5/c1-10-12(9-23(2)22-10)14-6-7-19-16(21-14)20-8-11-4-3-5-13(17)15(11)18/h3-7,9H,8H2,1-2H3,(H,19,20,21). The SMILES string of the molecule is Cc1nn(C)cc1-c1ccnc(NCc2cccc(F)c2F)n1. The summed E-state index contributed by atoms with van der Waals surface area (Å²) >= 11 is 0. The molecule has 0 radical (unpaired) electrons. The van der Waals surface area contributed by atoms with Crippen LogP contribution in [0, 0.1) is 18.6 Å². The molecule has 0 aliphatic heterocycles. The minimum atomic E-state index is -0.870. The largest absolute Gasteiger partial charge is 0.350 e. The lowest BCUT2D eigenvalue weighted by atomic mass is 10.2. The number of benzene rings is 1. The summed E-state index contributed by atoms with van der Waals surface area (Å²) in [6.45, 7) is 1.99. The Bertz CT molecular complexity index is 844. The second-order valence-electron chi connectivity index (χ2n) is 5.13. The van der Waals surface area contributed by atoms with Gasteiger partial charge in [0.15, 0.2) is 11.6 Å². The third kappa shape index (κ3) is 3.18. The van der Waals surface area contributed by atoms with Crippen molar-refractivity contribution in [2.24, 2.45) is 7.05 Å². The van der Waals surface area contributed by atoms with Gasteiger partial charge in [-0.3, -0.25) is 4.68 Å². The summed E-state index contributed by atoms with van der Waals surface area (Å²) < 4.78 is 28.5. The minimum absolute atomic E-state index is 0.0963. The number of rotatable bonds is 4. The van der Waals surface area contributed by atoms with Crippen molar-refractivity contribution in [3.8, 4) is 11.3 Å². The first kappa shape index (κ1) is 15.1. The molecule has 0 amide bonds. The van der Waals surface area contributed by atoms with Gasteiger partial charge in [-0.15, -0.1) is 0 Å². The summed E-state index contributed by atoms with van der Waals surface area (Å²) in [5.41, 5.74) is 2.69. The Labute approximate surface area is 132 Å². The molecule has 0 atom stereocenters. The molecule has 2 heterocycles. The fourth-order valence-electron chi connectivity index (χ4n) is 2.30. The van der Waals surface area contributed by atoms with E-state index in [-0.39, 0.29) is 12.1 Å². The highest BCUT2D eigenvalue weighted by Crippen LogP contribution is 2.21. The van der Waals surface area contributed by atoms with Crippen LogP contribution in [0.3, 0.4) is 0 Å². The van der Waals surface area contributed by atoms with E-state index in [0.717, 1.165) is 17.3 Å². The lowest BCUT2D eigenvalue weighted by Gasteiger charge is -2.07. The maximum atomic E-state index is 13.6. The van der Waals surface area contributed by atoms with E-state index in [4.69, 9.17) is 0 Å². The van der Waals surface area contributed by atoms with Crippen LogP contribution in [0.5, 0.6) is 0 Å². The van der Waals surface area contributed by atoms with Crippen molar-refractivity contribution in [2.75, 3.05) is 5.32 Å². The molecule has 0 aliphatic carbocycles. The van der Waals surface area contributed by atoms with E-state index in [1.807, 2.05) is 20.2 Å². The monoisotopic (exact) mass is 315 g/mol. The molecule has 0 saturated heterocycles.